The van der Waals surface area contributed by atoms with Crippen molar-refractivity contribution in [2.24, 2.45) is 22.7 Å². The molecular formula is C54H65F5N10O15S. The third-order valence-corrected chi connectivity index (χ3v) is 13.2. The van der Waals surface area contributed by atoms with Crippen molar-refractivity contribution < 1.29 is 97.0 Å². The number of terminal acetylenes is 1. The molecule has 0 bridgehead atoms. The third kappa shape index (κ3) is 19.4. The number of amides is 4. The summed E-state index contributed by atoms with van der Waals surface area (Å²) in [6.07, 6.45) is 2.08. The van der Waals surface area contributed by atoms with Gasteiger partial charge in [-0.25, -0.2) is 37.2 Å². The number of carbonyl (C=O) groups is 5. The van der Waals surface area contributed by atoms with Crippen molar-refractivity contribution >= 4 is 68.3 Å². The van der Waals surface area contributed by atoms with Crippen LogP contribution in [0.5, 0.6) is 5.75 Å². The van der Waals surface area contributed by atoms with E-state index in [1.54, 1.807) is 66.9 Å². The van der Waals surface area contributed by atoms with Crippen LogP contribution in [-0.4, -0.2) is 140 Å². The minimum atomic E-state index is -4.42. The first kappa shape index (κ1) is 68.0. The lowest BCUT2D eigenvalue weighted by atomic mass is 9.89. The third-order valence-electron chi connectivity index (χ3n) is 12.7. The number of imidazole rings is 1. The first-order chi connectivity index (χ1) is 40.0. The van der Waals surface area contributed by atoms with Gasteiger partial charge in [-0.3, -0.25) is 23.4 Å². The number of halogens is 5. The molecule has 1 fully saturated rings. The number of urea groups is 1. The number of hydrogen-bond acceptors (Lipinski definition) is 18. The zero-order valence-electron chi connectivity index (χ0n) is 46.2. The predicted octanol–water partition coefficient (Wildman–Crippen LogP) is 3.02. The largest absolute Gasteiger partial charge is 0.420 e. The number of aliphatic hydroxyl groups excluding tert-OH is 2. The van der Waals surface area contributed by atoms with Crippen LogP contribution in [0, 0.1) is 60.7 Å². The van der Waals surface area contributed by atoms with Crippen LogP contribution in [0.1, 0.15) is 63.3 Å². The normalized spacial score (nSPS) is 16.5. The van der Waals surface area contributed by atoms with Crippen LogP contribution in [0.3, 0.4) is 0 Å². The Hall–Kier alpha value is -7.80. The molecular weight excluding hydrogens is 1160 g/mol. The summed E-state index contributed by atoms with van der Waals surface area (Å²) in [7, 11) is -4.42. The van der Waals surface area contributed by atoms with Crippen molar-refractivity contribution in [2.45, 2.75) is 83.1 Å². The number of primary amides is 1. The van der Waals surface area contributed by atoms with Crippen LogP contribution >= 0.6 is 0 Å². The number of ether oxygens (including phenoxy) is 5. The molecule has 5 aromatic rings. The number of esters is 1. The second-order valence-electron chi connectivity index (χ2n) is 19.2. The Labute approximate surface area is 485 Å². The lowest BCUT2D eigenvalue weighted by Gasteiger charge is -2.24. The molecule has 0 aliphatic carbocycles. The van der Waals surface area contributed by atoms with Gasteiger partial charge < -0.3 is 68.3 Å². The summed E-state index contributed by atoms with van der Waals surface area (Å²) in [4.78, 5) is 73.3. The highest BCUT2D eigenvalue weighted by molar-refractivity contribution is 7.84. The van der Waals surface area contributed by atoms with E-state index in [9.17, 15) is 64.6 Å². The highest BCUT2D eigenvalue weighted by atomic mass is 32.2. The Kier molecular flexibility index (Phi) is 25.5. The number of nitrogens with two attached hydrogens (primary N) is 2. The zero-order valence-corrected chi connectivity index (χ0v) is 47.1. The molecule has 85 heavy (non-hydrogen) atoms. The van der Waals surface area contributed by atoms with Gasteiger partial charge in [0.15, 0.2) is 17.6 Å². The maximum absolute atomic E-state index is 14.0. The summed E-state index contributed by atoms with van der Waals surface area (Å²) in [5.41, 5.74) is 8.09. The number of anilines is 3. The van der Waals surface area contributed by atoms with Crippen molar-refractivity contribution in [3.05, 3.63) is 109 Å². The van der Waals surface area contributed by atoms with Crippen molar-refractivity contribution in [2.75, 3.05) is 63.4 Å². The summed E-state index contributed by atoms with van der Waals surface area (Å²) in [6.45, 7) is 2.65. The van der Waals surface area contributed by atoms with E-state index < -0.39 is 130 Å². The molecule has 3 aromatic carbocycles. The van der Waals surface area contributed by atoms with Gasteiger partial charge in [-0.2, -0.15) is 17.2 Å². The monoisotopic (exact) mass is 1220 g/mol. The summed E-state index contributed by atoms with van der Waals surface area (Å²) in [6, 6.07) is 11.9. The van der Waals surface area contributed by atoms with Gasteiger partial charge in [-0.1, -0.05) is 43.0 Å². The second-order valence-corrected chi connectivity index (χ2v) is 20.4. The molecule has 1 aliphatic heterocycles. The summed E-state index contributed by atoms with van der Waals surface area (Å²) < 4.78 is 124. The number of Topliss-reactive ketones (excluding diaryl/α,β-unsaturated/α-hetero) is 1. The minimum absolute atomic E-state index is 0. The van der Waals surface area contributed by atoms with Gasteiger partial charge in [0.1, 0.15) is 18.3 Å². The molecule has 6 atom stereocenters. The molecule has 6 rings (SSSR count). The molecule has 1 aliphatic rings. The number of aromatic nitrogens is 4. The number of rotatable bonds is 32. The molecule has 0 radical (unpaired) electrons. The van der Waals surface area contributed by atoms with Crippen LogP contribution in [-0.2, 0) is 59.2 Å². The fraction of sp³-hybridized carbons (Fsp3) is 0.426. The first-order valence-electron chi connectivity index (χ1n) is 25.9. The van der Waals surface area contributed by atoms with Gasteiger partial charge in [-0.15, -0.1) is 6.42 Å². The first-order valence-corrected chi connectivity index (χ1v) is 27.4. The second kappa shape index (κ2) is 31.9. The quantitative estimate of drug-likeness (QED) is 0.00353. The number of carbonyl (C=O) groups excluding carboxylic acids is 5. The molecule has 10 N–H and O–H groups in total. The van der Waals surface area contributed by atoms with E-state index in [1.165, 1.54) is 17.2 Å². The minimum Gasteiger partial charge on any atom is -0.420 e. The zero-order chi connectivity index (χ0) is 61.3. The predicted molar refractivity (Wildman–Crippen MR) is 291 cm³/mol. The van der Waals surface area contributed by atoms with Crippen LogP contribution in [0.2, 0.25) is 0 Å². The SMILES string of the molecule is C#Cc1cccc(Nc2nc[n+](Cc3ccc(NC(=O)[C@H](CCCNC(N)=O)CC(=O)[C@@H](NC(=O)CCOCCOCCOCCC(=O)Oc4c(F)c(F)c(F)c(F)c4F)C(C)C)cc3)c3c2ncn3[C@@H]2O[C@H](COS(N)(=O)=O)[C@@H](O)[C@H]2O)c1.[CH3-]. The Balaban J connectivity index is 0.0000132. The average molecular weight is 1220 g/mol. The fourth-order valence-electron chi connectivity index (χ4n) is 8.48. The van der Waals surface area contributed by atoms with Gasteiger partial charge in [0, 0.05) is 42.2 Å². The van der Waals surface area contributed by atoms with Crippen molar-refractivity contribution in [1.82, 2.24) is 25.2 Å². The lowest BCUT2D eigenvalue weighted by molar-refractivity contribution is -0.668. The van der Waals surface area contributed by atoms with Gasteiger partial charge in [0.25, 0.3) is 5.65 Å². The van der Waals surface area contributed by atoms with E-state index in [0.29, 0.717) is 33.7 Å². The number of ketones is 1. The summed E-state index contributed by atoms with van der Waals surface area (Å²) in [5.74, 6) is -14.5. The van der Waals surface area contributed by atoms with E-state index in [2.05, 4.69) is 46.1 Å². The van der Waals surface area contributed by atoms with E-state index >= 15 is 0 Å². The molecule has 462 valence electrons. The molecule has 0 saturated carbocycles. The van der Waals surface area contributed by atoms with Gasteiger partial charge in [-0.05, 0) is 54.7 Å². The van der Waals surface area contributed by atoms with E-state index in [4.69, 9.17) is 36.2 Å². The fourth-order valence-corrected chi connectivity index (χ4v) is 8.80. The molecule has 31 heteroatoms. The highest BCUT2D eigenvalue weighted by Gasteiger charge is 2.47. The molecule has 4 amide bonds. The molecule has 0 unspecified atom stereocenters. The molecule has 3 heterocycles. The summed E-state index contributed by atoms with van der Waals surface area (Å²) in [5, 5.41) is 38.2. The highest BCUT2D eigenvalue weighted by Crippen LogP contribution is 2.34. The molecule has 25 nitrogen and oxygen atoms in total. The van der Waals surface area contributed by atoms with Crippen molar-refractivity contribution in [3.8, 4) is 18.1 Å². The Morgan fingerprint density at radius 2 is 1.51 bits per heavy atom. The maximum atomic E-state index is 14.0. The molecule has 2 aromatic heterocycles. The number of fused-ring (bicyclic) bond motifs is 1. The van der Waals surface area contributed by atoms with Crippen LogP contribution in [0.4, 0.5) is 43.9 Å². The smallest absolute Gasteiger partial charge is 0.333 e. The van der Waals surface area contributed by atoms with E-state index in [-0.39, 0.29) is 91.7 Å². The number of nitrogens with zero attached hydrogens (tertiary/aromatic N) is 4. The lowest BCUT2D eigenvalue weighted by Crippen LogP contribution is -2.45. The number of aliphatic hydroxyl groups is 2. The van der Waals surface area contributed by atoms with Gasteiger partial charge >= 0.3 is 22.3 Å². The van der Waals surface area contributed by atoms with Crippen LogP contribution < -0.4 is 41.4 Å². The number of benzene rings is 3. The average Bonchev–Trinajstić information content (AvgIpc) is 1.93. The Morgan fingerprint density at radius 1 is 0.871 bits per heavy atom. The van der Waals surface area contributed by atoms with Crippen molar-refractivity contribution in [1.29, 1.82) is 0 Å². The standard InChI is InChI=1S/C53H61F5N10O15S.CH3/c1-4-30-7-5-9-34(23-30)64-49-45-51(68(28-62-45)52-47(73)46(72)36(82-52)26-81-84(60,76)77)67(27-63-49)25-31-10-12-33(13-11-31)65-50(74)32(8-6-16-61-53(59)75)24-35(69)44(29(2)3)66-37(70)14-17-78-19-21-80-22-20-79-18-15-38(71)83-48-42(57)40(55)39(54)41(56)43(48)58;/h1,5,7,9-13,23,27-29,32,36,44,46-47,52,72-73H,6,8,14-22,24-26H2,2-3H3,(H7,59,60,61,65,66,70,74,75,76,77);1H3/q;-1/p+1/t32-,36-,44+,46-,47-,52-;/m1./s1. The number of hydrogen-bond donors (Lipinski definition) is 8. The Bertz CT molecular complexity index is 3270. The van der Waals surface area contributed by atoms with Crippen molar-refractivity contribution in [3.63, 3.8) is 0 Å². The van der Waals surface area contributed by atoms with Gasteiger partial charge in [0.2, 0.25) is 65.0 Å². The van der Waals surface area contributed by atoms with Crippen LogP contribution in [0.25, 0.3) is 11.2 Å². The molecule has 1 saturated heterocycles. The maximum Gasteiger partial charge on any atom is 0.333 e. The topological polar surface area (TPSA) is 350 Å². The molecule has 0 spiro atoms. The number of nitrogens with one attached hydrogen (secondary N) is 4. The summed E-state index contributed by atoms with van der Waals surface area (Å²) >= 11 is 0. The Morgan fingerprint density at radius 3 is 2.13 bits per heavy atom. The van der Waals surface area contributed by atoms with E-state index in [0.717, 1.165) is 0 Å². The van der Waals surface area contributed by atoms with Crippen LogP contribution in [0.15, 0.2) is 61.2 Å². The van der Waals surface area contributed by atoms with E-state index in [1.807, 2.05) is 0 Å². The van der Waals surface area contributed by atoms with Gasteiger partial charge in [0.05, 0.1) is 65.3 Å².